The van der Waals surface area contributed by atoms with Gasteiger partial charge in [0.05, 0.1) is 0 Å². The van der Waals surface area contributed by atoms with Crippen LogP contribution in [0, 0.1) is 5.92 Å². The number of nitrogens with two attached hydrogens (primary N) is 1. The Morgan fingerprint density at radius 1 is 1.38 bits per heavy atom. The summed E-state index contributed by atoms with van der Waals surface area (Å²) < 4.78 is 0. The number of rotatable bonds is 4. The maximum atomic E-state index is 12.2. The predicted octanol–water partition coefficient (Wildman–Crippen LogP) is 1.73. The van der Waals surface area contributed by atoms with Gasteiger partial charge in [-0.25, -0.2) is 0 Å². The van der Waals surface area contributed by atoms with E-state index in [1.54, 1.807) is 11.9 Å². The van der Waals surface area contributed by atoms with E-state index in [9.17, 15) is 9.59 Å². The molecular formula is C16H23N3O2. The van der Waals surface area contributed by atoms with Crippen LogP contribution >= 0.6 is 0 Å². The van der Waals surface area contributed by atoms with Crippen molar-refractivity contribution in [1.29, 1.82) is 0 Å². The summed E-state index contributed by atoms with van der Waals surface area (Å²) >= 11 is 0. The van der Waals surface area contributed by atoms with Crippen molar-refractivity contribution in [3.05, 3.63) is 29.8 Å². The largest absolute Gasteiger partial charge is 0.342 e. The van der Waals surface area contributed by atoms with E-state index in [1.165, 1.54) is 6.92 Å². The number of nitrogens with one attached hydrogen (secondary N) is 1. The van der Waals surface area contributed by atoms with Crippen LogP contribution in [0.5, 0.6) is 0 Å². The Bertz CT molecular complexity index is 530. The topological polar surface area (TPSA) is 75.4 Å². The zero-order valence-electron chi connectivity index (χ0n) is 12.6. The predicted molar refractivity (Wildman–Crippen MR) is 82.5 cm³/mol. The van der Waals surface area contributed by atoms with Gasteiger partial charge in [0.1, 0.15) is 0 Å². The summed E-state index contributed by atoms with van der Waals surface area (Å²) in [7, 11) is 1.76. The van der Waals surface area contributed by atoms with Crippen LogP contribution in [0.15, 0.2) is 24.3 Å². The molecule has 0 aliphatic heterocycles. The number of amides is 2. The lowest BCUT2D eigenvalue weighted by Gasteiger charge is -2.16. The summed E-state index contributed by atoms with van der Waals surface area (Å²) in [6.45, 7) is 2.07. The summed E-state index contributed by atoms with van der Waals surface area (Å²) in [6, 6.07) is 7.76. The number of benzene rings is 1. The van der Waals surface area contributed by atoms with Gasteiger partial charge in [-0.1, -0.05) is 12.1 Å². The van der Waals surface area contributed by atoms with Gasteiger partial charge in [-0.2, -0.15) is 0 Å². The van der Waals surface area contributed by atoms with E-state index in [-0.39, 0.29) is 23.8 Å². The molecule has 5 heteroatoms. The van der Waals surface area contributed by atoms with E-state index < -0.39 is 0 Å². The van der Waals surface area contributed by atoms with Crippen molar-refractivity contribution in [1.82, 2.24) is 4.90 Å². The van der Waals surface area contributed by atoms with Crippen LogP contribution in [-0.4, -0.2) is 29.8 Å². The highest BCUT2D eigenvalue weighted by molar-refractivity contribution is 5.92. The molecule has 1 aromatic carbocycles. The van der Waals surface area contributed by atoms with Gasteiger partial charge in [0.25, 0.3) is 0 Å². The third-order valence-electron chi connectivity index (χ3n) is 4.00. The summed E-state index contributed by atoms with van der Waals surface area (Å²) in [5.41, 5.74) is 7.61. The molecule has 0 spiro atoms. The average molecular weight is 289 g/mol. The van der Waals surface area contributed by atoms with E-state index in [4.69, 9.17) is 5.73 Å². The van der Waals surface area contributed by atoms with Crippen LogP contribution in [0.1, 0.15) is 31.7 Å². The first kappa shape index (κ1) is 15.5. The Morgan fingerprint density at radius 2 is 2.14 bits per heavy atom. The molecule has 2 atom stereocenters. The number of nitrogens with zero attached hydrogens (tertiary/aromatic N) is 1. The molecule has 1 aromatic rings. The highest BCUT2D eigenvalue weighted by atomic mass is 16.2. The Morgan fingerprint density at radius 3 is 2.76 bits per heavy atom. The van der Waals surface area contributed by atoms with Gasteiger partial charge in [0.2, 0.25) is 11.8 Å². The van der Waals surface area contributed by atoms with Crippen molar-refractivity contribution in [3.63, 3.8) is 0 Å². The molecule has 1 aliphatic carbocycles. The van der Waals surface area contributed by atoms with Gasteiger partial charge >= 0.3 is 0 Å². The van der Waals surface area contributed by atoms with Crippen LogP contribution in [0.25, 0.3) is 0 Å². The molecule has 21 heavy (non-hydrogen) atoms. The van der Waals surface area contributed by atoms with E-state index in [0.717, 1.165) is 30.5 Å². The molecular weight excluding hydrogens is 266 g/mol. The molecule has 1 fully saturated rings. The summed E-state index contributed by atoms with van der Waals surface area (Å²) in [5, 5.41) is 2.95. The minimum Gasteiger partial charge on any atom is -0.342 e. The second kappa shape index (κ2) is 6.72. The number of anilines is 1. The maximum absolute atomic E-state index is 12.2. The average Bonchev–Trinajstić information content (AvgIpc) is 2.86. The molecule has 2 unspecified atom stereocenters. The molecule has 0 aromatic heterocycles. The van der Waals surface area contributed by atoms with E-state index in [0.29, 0.717) is 6.54 Å². The molecule has 1 saturated carbocycles. The lowest BCUT2D eigenvalue weighted by Crippen LogP contribution is -2.24. The van der Waals surface area contributed by atoms with E-state index in [1.807, 2.05) is 24.3 Å². The quantitative estimate of drug-likeness (QED) is 0.886. The minimum absolute atomic E-state index is 0.0172. The molecule has 2 amide bonds. The van der Waals surface area contributed by atoms with E-state index >= 15 is 0 Å². The van der Waals surface area contributed by atoms with Gasteiger partial charge in [0, 0.05) is 38.2 Å². The van der Waals surface area contributed by atoms with Crippen LogP contribution < -0.4 is 11.1 Å². The summed E-state index contributed by atoms with van der Waals surface area (Å²) in [6.07, 6.45) is 2.54. The van der Waals surface area contributed by atoms with Crippen molar-refractivity contribution in [3.8, 4) is 0 Å². The Labute approximate surface area is 125 Å². The van der Waals surface area contributed by atoms with Crippen LogP contribution in [0.4, 0.5) is 5.69 Å². The van der Waals surface area contributed by atoms with Crippen molar-refractivity contribution in [2.75, 3.05) is 12.4 Å². The molecule has 3 N–H and O–H groups in total. The maximum Gasteiger partial charge on any atom is 0.227 e. The zero-order valence-corrected chi connectivity index (χ0v) is 12.6. The first-order valence-electron chi connectivity index (χ1n) is 7.33. The summed E-state index contributed by atoms with van der Waals surface area (Å²) in [5.74, 6) is 0.0768. The Balaban J connectivity index is 1.97. The van der Waals surface area contributed by atoms with Gasteiger partial charge in [-0.15, -0.1) is 0 Å². The molecule has 2 rings (SSSR count). The standard InChI is InChI=1S/C16H23N3O2/c1-11(20)19(2)10-12-4-3-5-15(8-12)18-16(21)13-6-7-14(17)9-13/h3-5,8,13-14H,6-7,9-10,17H2,1-2H3,(H,18,21). The van der Waals surface area contributed by atoms with Crippen LogP contribution in [0.3, 0.4) is 0 Å². The van der Waals surface area contributed by atoms with Crippen molar-refractivity contribution >= 4 is 17.5 Å². The van der Waals surface area contributed by atoms with Crippen LogP contribution in [-0.2, 0) is 16.1 Å². The lowest BCUT2D eigenvalue weighted by molar-refractivity contribution is -0.128. The number of hydrogen-bond acceptors (Lipinski definition) is 3. The fourth-order valence-corrected chi connectivity index (χ4v) is 2.63. The van der Waals surface area contributed by atoms with Crippen LogP contribution in [0.2, 0.25) is 0 Å². The molecule has 114 valence electrons. The normalized spacial score (nSPS) is 21.1. The third kappa shape index (κ3) is 4.29. The number of carbonyl (C=O) groups excluding carboxylic acids is 2. The monoisotopic (exact) mass is 289 g/mol. The summed E-state index contributed by atoms with van der Waals surface area (Å²) in [4.78, 5) is 25.1. The van der Waals surface area contributed by atoms with E-state index in [2.05, 4.69) is 5.32 Å². The Hall–Kier alpha value is -1.88. The van der Waals surface area contributed by atoms with Gasteiger partial charge in [-0.05, 0) is 37.0 Å². The smallest absolute Gasteiger partial charge is 0.227 e. The van der Waals surface area contributed by atoms with Crippen molar-refractivity contribution in [2.45, 2.75) is 38.8 Å². The first-order valence-corrected chi connectivity index (χ1v) is 7.33. The molecule has 0 radical (unpaired) electrons. The molecule has 0 bridgehead atoms. The minimum atomic E-state index is 0.0172. The zero-order chi connectivity index (χ0) is 15.4. The van der Waals surface area contributed by atoms with Gasteiger partial charge in [-0.3, -0.25) is 9.59 Å². The third-order valence-corrected chi connectivity index (χ3v) is 4.00. The Kier molecular flexibility index (Phi) is 4.96. The highest BCUT2D eigenvalue weighted by Gasteiger charge is 2.27. The fraction of sp³-hybridized carbons (Fsp3) is 0.500. The highest BCUT2D eigenvalue weighted by Crippen LogP contribution is 2.25. The molecule has 0 heterocycles. The second-order valence-corrected chi connectivity index (χ2v) is 5.83. The fourth-order valence-electron chi connectivity index (χ4n) is 2.63. The van der Waals surface area contributed by atoms with Gasteiger partial charge < -0.3 is 16.0 Å². The van der Waals surface area contributed by atoms with Crippen molar-refractivity contribution < 1.29 is 9.59 Å². The lowest BCUT2D eigenvalue weighted by atomic mass is 10.1. The second-order valence-electron chi connectivity index (χ2n) is 5.83. The first-order chi connectivity index (χ1) is 9.95. The number of carbonyl (C=O) groups is 2. The molecule has 5 nitrogen and oxygen atoms in total. The van der Waals surface area contributed by atoms with Crippen molar-refractivity contribution in [2.24, 2.45) is 11.7 Å². The van der Waals surface area contributed by atoms with Gasteiger partial charge in [0.15, 0.2) is 0 Å². The SMILES string of the molecule is CC(=O)N(C)Cc1cccc(NC(=O)C2CCC(N)C2)c1. The molecule has 1 aliphatic rings. The number of hydrogen-bond donors (Lipinski definition) is 2. The molecule has 0 saturated heterocycles.